The second-order valence-electron chi connectivity index (χ2n) is 8.74. The first-order valence-electron chi connectivity index (χ1n) is 13.1. The molecule has 0 bridgehead atoms. The van der Waals surface area contributed by atoms with E-state index < -0.39 is 6.10 Å². The van der Waals surface area contributed by atoms with Crippen molar-refractivity contribution in [2.24, 2.45) is 0 Å². The predicted molar refractivity (Wildman–Crippen MR) is 128 cm³/mol. The maximum atomic E-state index is 8.17. The van der Waals surface area contributed by atoms with Crippen LogP contribution in [0.15, 0.2) is 0 Å². The van der Waals surface area contributed by atoms with Crippen LogP contribution < -0.4 is 0 Å². The summed E-state index contributed by atoms with van der Waals surface area (Å²) >= 11 is 0. The lowest BCUT2D eigenvalue weighted by molar-refractivity contribution is 0.0450. The Labute approximate surface area is 183 Å². The van der Waals surface area contributed by atoms with Gasteiger partial charge in [0.2, 0.25) is 0 Å². The topological polar surface area (TPSA) is 60.7 Å². The first-order chi connectivity index (χ1) is 14.2. The minimum absolute atomic E-state index is 0.365. The fraction of sp³-hybridized carbons (Fsp3) is 1.00. The standard InChI is InChI=1S/C23H48.C3H8O3/c1-3-5-7-9-11-13-15-17-19-21-23-22-20-18-16-14-12-10-8-6-4-2;4-1-3(6)2-5/h3-23H2,1-2H3;3-6H,1-2H2. The zero-order valence-corrected chi connectivity index (χ0v) is 20.2. The van der Waals surface area contributed by atoms with Crippen LogP contribution in [0, 0.1) is 0 Å². The Balaban J connectivity index is 0. The molecule has 0 aliphatic heterocycles. The molecule has 178 valence electrons. The molecular weight excluding hydrogens is 360 g/mol. The van der Waals surface area contributed by atoms with Crippen LogP contribution in [0.25, 0.3) is 0 Å². The molecule has 0 rings (SSSR count). The van der Waals surface area contributed by atoms with Crippen LogP contribution in [0.5, 0.6) is 0 Å². The maximum absolute atomic E-state index is 8.17. The van der Waals surface area contributed by atoms with Gasteiger partial charge in [-0.15, -0.1) is 0 Å². The third kappa shape index (κ3) is 32.7. The van der Waals surface area contributed by atoms with Gasteiger partial charge >= 0.3 is 0 Å². The lowest BCUT2D eigenvalue weighted by atomic mass is 10.0. The average Bonchev–Trinajstić information content (AvgIpc) is 2.75. The third-order valence-electron chi connectivity index (χ3n) is 5.63. The molecular formula is C26H56O3. The van der Waals surface area contributed by atoms with E-state index >= 15 is 0 Å². The van der Waals surface area contributed by atoms with Crippen LogP contribution in [0.3, 0.4) is 0 Å². The summed E-state index contributed by atoms with van der Waals surface area (Å²) in [5.41, 5.74) is 0. The molecule has 0 saturated carbocycles. The quantitative estimate of drug-likeness (QED) is 0.160. The molecule has 3 heteroatoms. The van der Waals surface area contributed by atoms with Gasteiger partial charge in [0, 0.05) is 0 Å². The first kappa shape index (κ1) is 31.1. The lowest BCUT2D eigenvalue weighted by Crippen LogP contribution is -2.15. The molecule has 0 unspecified atom stereocenters. The van der Waals surface area contributed by atoms with Crippen molar-refractivity contribution >= 4 is 0 Å². The summed E-state index contributed by atoms with van der Waals surface area (Å²) in [5.74, 6) is 0. The molecule has 29 heavy (non-hydrogen) atoms. The van der Waals surface area contributed by atoms with Gasteiger partial charge in [-0.05, 0) is 0 Å². The van der Waals surface area contributed by atoms with Gasteiger partial charge in [0.25, 0.3) is 0 Å². The number of aliphatic hydroxyl groups is 3. The molecule has 0 aromatic heterocycles. The molecule has 0 saturated heterocycles. The monoisotopic (exact) mass is 416 g/mol. The molecule has 3 nitrogen and oxygen atoms in total. The maximum Gasteiger partial charge on any atom is 0.100 e. The van der Waals surface area contributed by atoms with Crippen molar-refractivity contribution < 1.29 is 15.3 Å². The molecule has 0 aromatic rings. The van der Waals surface area contributed by atoms with Crippen molar-refractivity contribution in [3.05, 3.63) is 0 Å². The second kappa shape index (κ2) is 30.1. The zero-order valence-electron chi connectivity index (χ0n) is 20.2. The molecule has 0 aliphatic rings. The van der Waals surface area contributed by atoms with Crippen molar-refractivity contribution in [1.29, 1.82) is 0 Å². The summed E-state index contributed by atoms with van der Waals surface area (Å²) in [6, 6.07) is 0. The highest BCUT2D eigenvalue weighted by Crippen LogP contribution is 2.14. The molecule has 0 aliphatic carbocycles. The highest BCUT2D eigenvalue weighted by atomic mass is 16.3. The van der Waals surface area contributed by atoms with Crippen molar-refractivity contribution in [2.75, 3.05) is 13.2 Å². The summed E-state index contributed by atoms with van der Waals surface area (Å²) in [7, 11) is 0. The molecule has 0 amide bonds. The van der Waals surface area contributed by atoms with E-state index in [0.29, 0.717) is 0 Å². The van der Waals surface area contributed by atoms with Gasteiger partial charge in [0.1, 0.15) is 6.10 Å². The van der Waals surface area contributed by atoms with Gasteiger partial charge in [-0.1, -0.05) is 149 Å². The van der Waals surface area contributed by atoms with Crippen LogP contribution in [0.4, 0.5) is 0 Å². The van der Waals surface area contributed by atoms with Crippen LogP contribution in [-0.4, -0.2) is 34.6 Å². The molecule has 0 aromatic carbocycles. The van der Waals surface area contributed by atoms with E-state index in [1.54, 1.807) is 0 Å². The van der Waals surface area contributed by atoms with Crippen LogP contribution in [0.1, 0.15) is 149 Å². The smallest absolute Gasteiger partial charge is 0.100 e. The number of unbranched alkanes of at least 4 members (excludes halogenated alkanes) is 20. The largest absolute Gasteiger partial charge is 0.394 e. The molecule has 0 radical (unpaired) electrons. The van der Waals surface area contributed by atoms with Crippen molar-refractivity contribution in [3.8, 4) is 0 Å². The Morgan fingerprint density at radius 1 is 0.379 bits per heavy atom. The van der Waals surface area contributed by atoms with Crippen LogP contribution in [-0.2, 0) is 0 Å². The van der Waals surface area contributed by atoms with E-state index in [1.807, 2.05) is 0 Å². The lowest BCUT2D eigenvalue weighted by Gasteiger charge is -2.04. The average molecular weight is 417 g/mol. The van der Waals surface area contributed by atoms with Crippen molar-refractivity contribution in [2.45, 2.75) is 155 Å². The molecule has 0 heterocycles. The summed E-state index contributed by atoms with van der Waals surface area (Å²) < 4.78 is 0. The van der Waals surface area contributed by atoms with Gasteiger partial charge in [-0.2, -0.15) is 0 Å². The van der Waals surface area contributed by atoms with Crippen LogP contribution >= 0.6 is 0 Å². The van der Waals surface area contributed by atoms with E-state index in [9.17, 15) is 0 Å². The number of aliphatic hydroxyl groups excluding tert-OH is 3. The van der Waals surface area contributed by atoms with Crippen molar-refractivity contribution in [3.63, 3.8) is 0 Å². The summed E-state index contributed by atoms with van der Waals surface area (Å²) in [4.78, 5) is 0. The first-order valence-corrected chi connectivity index (χ1v) is 13.1. The van der Waals surface area contributed by atoms with Gasteiger partial charge < -0.3 is 15.3 Å². The van der Waals surface area contributed by atoms with E-state index in [4.69, 9.17) is 15.3 Å². The normalized spacial score (nSPS) is 11.0. The van der Waals surface area contributed by atoms with E-state index in [-0.39, 0.29) is 13.2 Å². The summed E-state index contributed by atoms with van der Waals surface area (Å²) in [6.07, 6.45) is 29.9. The number of rotatable bonds is 22. The Kier molecular flexibility index (Phi) is 32.2. The molecule has 0 atom stereocenters. The van der Waals surface area contributed by atoms with Gasteiger partial charge in [-0.25, -0.2) is 0 Å². The van der Waals surface area contributed by atoms with E-state index in [2.05, 4.69) is 13.8 Å². The Bertz CT molecular complexity index is 234. The summed E-state index contributed by atoms with van der Waals surface area (Å²) in [6.45, 7) is 3.87. The van der Waals surface area contributed by atoms with Gasteiger partial charge in [-0.3, -0.25) is 0 Å². The molecule has 0 spiro atoms. The number of hydrogen-bond acceptors (Lipinski definition) is 3. The fourth-order valence-electron chi connectivity index (χ4n) is 3.56. The summed E-state index contributed by atoms with van der Waals surface area (Å²) in [5, 5.41) is 24.0. The third-order valence-corrected chi connectivity index (χ3v) is 5.63. The highest BCUT2D eigenvalue weighted by molar-refractivity contribution is 4.50. The van der Waals surface area contributed by atoms with Crippen LogP contribution in [0.2, 0.25) is 0 Å². The highest BCUT2D eigenvalue weighted by Gasteiger charge is 1.95. The fourth-order valence-corrected chi connectivity index (χ4v) is 3.56. The Morgan fingerprint density at radius 3 is 0.655 bits per heavy atom. The van der Waals surface area contributed by atoms with Crippen molar-refractivity contribution in [1.82, 2.24) is 0 Å². The minimum Gasteiger partial charge on any atom is -0.394 e. The van der Waals surface area contributed by atoms with E-state index in [0.717, 1.165) is 0 Å². The SMILES string of the molecule is CCCCCCCCCCCCCCCCCCCCCCC.OCC(O)CO. The molecule has 0 fully saturated rings. The van der Waals surface area contributed by atoms with E-state index in [1.165, 1.54) is 135 Å². The number of hydrogen-bond donors (Lipinski definition) is 3. The molecule has 3 N–H and O–H groups in total. The predicted octanol–water partition coefficient (Wildman–Crippen LogP) is 7.55. The second-order valence-corrected chi connectivity index (χ2v) is 8.74. The van der Waals surface area contributed by atoms with Gasteiger partial charge in [0.15, 0.2) is 0 Å². The zero-order chi connectivity index (χ0) is 21.8. The Hall–Kier alpha value is -0.120. The van der Waals surface area contributed by atoms with Gasteiger partial charge in [0.05, 0.1) is 13.2 Å². The Morgan fingerprint density at radius 2 is 0.552 bits per heavy atom. The minimum atomic E-state index is -0.954.